The molecule has 0 spiro atoms. The second-order valence-electron chi connectivity index (χ2n) is 6.06. The Morgan fingerprint density at radius 1 is 1.19 bits per heavy atom. The Hall–Kier alpha value is -2.67. The number of amides is 1. The molecule has 1 saturated heterocycles. The van der Waals surface area contributed by atoms with Gasteiger partial charge < -0.3 is 10.2 Å². The van der Waals surface area contributed by atoms with Crippen LogP contribution in [0.1, 0.15) is 29.6 Å². The van der Waals surface area contributed by atoms with Crippen molar-refractivity contribution in [3.8, 4) is 0 Å². The van der Waals surface area contributed by atoms with Gasteiger partial charge in [0, 0.05) is 19.2 Å². The lowest BCUT2D eigenvalue weighted by atomic mass is 10.1. The van der Waals surface area contributed by atoms with Crippen LogP contribution in [-0.2, 0) is 0 Å². The Bertz CT molecular complexity index is 854. The number of benzene rings is 2. The van der Waals surface area contributed by atoms with Crippen molar-refractivity contribution in [3.05, 3.63) is 62.9 Å². The number of hydrogen-bond donors (Lipinski definition) is 1. The highest BCUT2D eigenvalue weighted by Crippen LogP contribution is 2.38. The van der Waals surface area contributed by atoms with E-state index in [1.165, 1.54) is 30.3 Å². The maximum atomic E-state index is 13.8. The fourth-order valence-corrected chi connectivity index (χ4v) is 3.22. The summed E-state index contributed by atoms with van der Waals surface area (Å²) in [6.45, 7) is 1.40. The first-order chi connectivity index (χ1) is 12.5. The molecule has 1 heterocycles. The Morgan fingerprint density at radius 3 is 2.54 bits per heavy atom. The molecule has 1 fully saturated rings. The number of hydrogen-bond acceptors (Lipinski definition) is 4. The van der Waals surface area contributed by atoms with Crippen molar-refractivity contribution in [1.29, 1.82) is 0 Å². The van der Waals surface area contributed by atoms with Crippen LogP contribution in [0.5, 0.6) is 0 Å². The summed E-state index contributed by atoms with van der Waals surface area (Å²) in [7, 11) is 0. The standard InChI is InChI=1S/C18H17ClFN3O3/c19-13-10-17(23(25)26)16(22-8-4-1-5-9-22)11-15(13)21-18(24)12-6-2-3-7-14(12)20/h2-3,6-7,10-11H,1,4-5,8-9H2,(H,21,24). The SMILES string of the molecule is O=C(Nc1cc(N2CCCCC2)c([N+](=O)[O-])cc1Cl)c1ccccc1F. The van der Waals surface area contributed by atoms with Gasteiger partial charge in [-0.15, -0.1) is 0 Å². The zero-order valence-electron chi connectivity index (χ0n) is 13.9. The minimum absolute atomic E-state index is 0.0298. The van der Waals surface area contributed by atoms with Crippen molar-refractivity contribution in [2.45, 2.75) is 19.3 Å². The van der Waals surface area contributed by atoms with Gasteiger partial charge in [0.15, 0.2) is 0 Å². The second kappa shape index (κ2) is 7.70. The van der Waals surface area contributed by atoms with E-state index in [0.29, 0.717) is 18.8 Å². The second-order valence-corrected chi connectivity index (χ2v) is 6.47. The topological polar surface area (TPSA) is 75.5 Å². The first-order valence-electron chi connectivity index (χ1n) is 8.26. The third-order valence-corrected chi connectivity index (χ3v) is 4.64. The first-order valence-corrected chi connectivity index (χ1v) is 8.64. The minimum Gasteiger partial charge on any atom is -0.366 e. The van der Waals surface area contributed by atoms with Crippen molar-refractivity contribution in [2.24, 2.45) is 0 Å². The molecule has 3 rings (SSSR count). The van der Waals surface area contributed by atoms with Crippen LogP contribution in [-0.4, -0.2) is 23.9 Å². The monoisotopic (exact) mass is 377 g/mol. The van der Waals surface area contributed by atoms with Gasteiger partial charge in [-0.05, 0) is 37.5 Å². The molecule has 0 aromatic heterocycles. The molecular weight excluding hydrogens is 361 g/mol. The van der Waals surface area contributed by atoms with Gasteiger partial charge in [-0.3, -0.25) is 14.9 Å². The normalized spacial score (nSPS) is 14.2. The number of rotatable bonds is 4. The van der Waals surface area contributed by atoms with Crippen LogP contribution >= 0.6 is 11.6 Å². The Labute approximate surface area is 154 Å². The highest BCUT2D eigenvalue weighted by molar-refractivity contribution is 6.34. The molecule has 0 saturated carbocycles. The van der Waals surface area contributed by atoms with Crippen LogP contribution < -0.4 is 10.2 Å². The lowest BCUT2D eigenvalue weighted by Crippen LogP contribution is -2.30. The van der Waals surface area contributed by atoms with Gasteiger partial charge in [0.2, 0.25) is 0 Å². The quantitative estimate of drug-likeness (QED) is 0.622. The zero-order valence-corrected chi connectivity index (χ0v) is 14.6. The van der Waals surface area contributed by atoms with E-state index in [-0.39, 0.29) is 22.0 Å². The molecule has 1 aliphatic heterocycles. The van der Waals surface area contributed by atoms with Crippen LogP contribution in [0.3, 0.4) is 0 Å². The number of carbonyl (C=O) groups excluding carboxylic acids is 1. The highest BCUT2D eigenvalue weighted by Gasteiger charge is 2.24. The van der Waals surface area contributed by atoms with Gasteiger partial charge in [0.25, 0.3) is 11.6 Å². The number of nitrogens with zero attached hydrogens (tertiary/aromatic N) is 2. The van der Waals surface area contributed by atoms with Crippen molar-refractivity contribution >= 4 is 34.6 Å². The van der Waals surface area contributed by atoms with E-state index < -0.39 is 16.6 Å². The smallest absolute Gasteiger partial charge is 0.294 e. The van der Waals surface area contributed by atoms with E-state index in [1.807, 2.05) is 4.90 Å². The number of piperidine rings is 1. The summed E-state index contributed by atoms with van der Waals surface area (Å²) in [5.41, 5.74) is 0.385. The summed E-state index contributed by atoms with van der Waals surface area (Å²) in [6, 6.07) is 8.29. The molecule has 6 nitrogen and oxygen atoms in total. The van der Waals surface area contributed by atoms with Gasteiger partial charge in [-0.1, -0.05) is 23.7 Å². The Balaban J connectivity index is 1.95. The number of nitro benzene ring substituents is 1. The maximum absolute atomic E-state index is 13.8. The fourth-order valence-electron chi connectivity index (χ4n) is 3.02. The van der Waals surface area contributed by atoms with Crippen LogP contribution in [0.4, 0.5) is 21.5 Å². The van der Waals surface area contributed by atoms with Crippen molar-refractivity contribution in [1.82, 2.24) is 0 Å². The van der Waals surface area contributed by atoms with Gasteiger partial charge in [-0.2, -0.15) is 0 Å². The first kappa shape index (κ1) is 18.1. The average molecular weight is 378 g/mol. The van der Waals surface area contributed by atoms with E-state index >= 15 is 0 Å². The number of halogens is 2. The number of anilines is 2. The van der Waals surface area contributed by atoms with Crippen LogP contribution in [0.25, 0.3) is 0 Å². The third kappa shape index (κ3) is 3.77. The molecule has 2 aromatic carbocycles. The summed E-state index contributed by atoms with van der Waals surface area (Å²) < 4.78 is 13.8. The molecule has 1 N–H and O–H groups in total. The number of nitro groups is 1. The van der Waals surface area contributed by atoms with Crippen LogP contribution in [0.2, 0.25) is 5.02 Å². The minimum atomic E-state index is -0.663. The molecule has 0 bridgehead atoms. The molecule has 8 heteroatoms. The predicted molar refractivity (Wildman–Crippen MR) is 98.5 cm³/mol. The van der Waals surface area contributed by atoms with Crippen molar-refractivity contribution in [2.75, 3.05) is 23.3 Å². The third-order valence-electron chi connectivity index (χ3n) is 4.32. The van der Waals surface area contributed by atoms with Crippen LogP contribution in [0.15, 0.2) is 36.4 Å². The lowest BCUT2D eigenvalue weighted by Gasteiger charge is -2.29. The molecule has 2 aromatic rings. The van der Waals surface area contributed by atoms with Gasteiger partial charge >= 0.3 is 0 Å². The van der Waals surface area contributed by atoms with E-state index in [4.69, 9.17) is 11.6 Å². The summed E-state index contributed by atoms with van der Waals surface area (Å²) in [5, 5.41) is 14.0. The summed E-state index contributed by atoms with van der Waals surface area (Å²) in [5.74, 6) is -1.32. The largest absolute Gasteiger partial charge is 0.366 e. The summed E-state index contributed by atoms with van der Waals surface area (Å²) in [6.07, 6.45) is 2.96. The van der Waals surface area contributed by atoms with Gasteiger partial charge in [-0.25, -0.2) is 4.39 Å². The molecular formula is C18H17ClFN3O3. The van der Waals surface area contributed by atoms with E-state index in [0.717, 1.165) is 19.3 Å². The predicted octanol–water partition coefficient (Wildman–Crippen LogP) is 4.63. The van der Waals surface area contributed by atoms with Gasteiger partial charge in [0.1, 0.15) is 11.5 Å². The maximum Gasteiger partial charge on any atom is 0.294 e. The number of nitrogens with one attached hydrogen (secondary N) is 1. The Morgan fingerprint density at radius 2 is 1.88 bits per heavy atom. The van der Waals surface area contributed by atoms with E-state index in [1.54, 1.807) is 6.07 Å². The molecule has 0 aliphatic carbocycles. The molecule has 1 amide bonds. The zero-order chi connectivity index (χ0) is 18.7. The summed E-state index contributed by atoms with van der Waals surface area (Å²) in [4.78, 5) is 25.2. The summed E-state index contributed by atoms with van der Waals surface area (Å²) >= 11 is 6.12. The van der Waals surface area contributed by atoms with Crippen molar-refractivity contribution in [3.63, 3.8) is 0 Å². The molecule has 0 unspecified atom stereocenters. The molecule has 1 aliphatic rings. The molecule has 26 heavy (non-hydrogen) atoms. The van der Waals surface area contributed by atoms with Gasteiger partial charge in [0.05, 0.1) is 21.2 Å². The molecule has 136 valence electrons. The lowest BCUT2D eigenvalue weighted by molar-refractivity contribution is -0.384. The molecule has 0 atom stereocenters. The van der Waals surface area contributed by atoms with E-state index in [9.17, 15) is 19.3 Å². The Kier molecular flexibility index (Phi) is 5.37. The van der Waals surface area contributed by atoms with E-state index in [2.05, 4.69) is 5.32 Å². The molecule has 0 radical (unpaired) electrons. The highest BCUT2D eigenvalue weighted by atomic mass is 35.5. The number of carbonyl (C=O) groups is 1. The fraction of sp³-hybridized carbons (Fsp3) is 0.278. The average Bonchev–Trinajstić information content (AvgIpc) is 2.64. The van der Waals surface area contributed by atoms with Crippen molar-refractivity contribution < 1.29 is 14.1 Å². The van der Waals surface area contributed by atoms with Crippen LogP contribution in [0, 0.1) is 15.9 Å².